The highest BCUT2D eigenvalue weighted by Crippen LogP contribution is 2.07. The van der Waals surface area contributed by atoms with Gasteiger partial charge in [-0.05, 0) is 31.2 Å². The molecule has 0 aliphatic heterocycles. The Morgan fingerprint density at radius 1 is 1.06 bits per heavy atom. The molecule has 1 aromatic carbocycles. The molecule has 0 saturated carbocycles. The highest BCUT2D eigenvalue weighted by molar-refractivity contribution is 6.03. The summed E-state index contributed by atoms with van der Waals surface area (Å²) in [6.07, 6.45) is 1.64. The summed E-state index contributed by atoms with van der Waals surface area (Å²) in [5.41, 5.74) is 1.77. The highest BCUT2D eigenvalue weighted by atomic mass is 16.1. The Hall–Kier alpha value is -2.16. The Labute approximate surface area is 108 Å². The molecule has 0 aliphatic rings. The lowest BCUT2D eigenvalue weighted by Crippen LogP contribution is -2.12. The van der Waals surface area contributed by atoms with E-state index in [0.717, 1.165) is 5.56 Å². The maximum atomic E-state index is 11.8. The van der Waals surface area contributed by atoms with Crippen LogP contribution in [0.25, 0.3) is 0 Å². The van der Waals surface area contributed by atoms with Crippen molar-refractivity contribution in [3.05, 3.63) is 59.8 Å². The van der Waals surface area contributed by atoms with E-state index in [9.17, 15) is 4.79 Å². The molecule has 0 aliphatic carbocycles. The van der Waals surface area contributed by atoms with Gasteiger partial charge in [-0.2, -0.15) is 0 Å². The smallest absolute Gasteiger partial charge is 0.256 e. The molecule has 0 atom stereocenters. The van der Waals surface area contributed by atoms with Gasteiger partial charge in [0.05, 0.1) is 0 Å². The molecule has 2 rings (SSSR count). The number of nitrogens with zero attached hydrogens (tertiary/aromatic N) is 1. The Bertz CT molecular complexity index is 478. The van der Waals surface area contributed by atoms with Gasteiger partial charge in [0.1, 0.15) is 5.82 Å². The number of carbonyl (C=O) groups excluding carboxylic acids is 1. The lowest BCUT2D eigenvalue weighted by Gasteiger charge is -2.03. The van der Waals surface area contributed by atoms with Crippen LogP contribution in [0.15, 0.2) is 48.7 Å². The molecule has 0 radical (unpaired) electrons. The minimum Gasteiger partial charge on any atom is -0.307 e. The van der Waals surface area contributed by atoms with Gasteiger partial charge in [-0.1, -0.05) is 37.6 Å². The lowest BCUT2D eigenvalue weighted by atomic mass is 10.1. The van der Waals surface area contributed by atoms with E-state index in [1.807, 2.05) is 45.0 Å². The van der Waals surface area contributed by atoms with E-state index < -0.39 is 0 Å². The van der Waals surface area contributed by atoms with E-state index >= 15 is 0 Å². The van der Waals surface area contributed by atoms with Crippen LogP contribution in [0, 0.1) is 6.92 Å². The summed E-state index contributed by atoms with van der Waals surface area (Å²) in [5, 5.41) is 2.73. The predicted octanol–water partition coefficient (Wildman–Crippen LogP) is 3.67. The molecule has 0 spiro atoms. The average Bonchev–Trinajstić information content (AvgIpc) is 2.43. The average molecular weight is 242 g/mol. The van der Waals surface area contributed by atoms with Crippen molar-refractivity contribution in [3.63, 3.8) is 0 Å². The summed E-state index contributed by atoms with van der Waals surface area (Å²) in [5.74, 6) is 0.423. The molecule has 1 heterocycles. The third kappa shape index (κ3) is 4.01. The number of benzene rings is 1. The molecular formula is C15H18N2O. The standard InChI is InChI=1S/C13H12N2O.C2H6/c1-10-5-7-11(8-6-10)13(16)15-12-4-2-3-9-14-12;1-2/h2-9H,1H3,(H,14,15,16);1-2H3. The summed E-state index contributed by atoms with van der Waals surface area (Å²) in [6, 6.07) is 12.8. The molecule has 94 valence electrons. The second-order valence-corrected chi connectivity index (χ2v) is 3.54. The molecule has 3 heteroatoms. The van der Waals surface area contributed by atoms with E-state index in [-0.39, 0.29) is 5.91 Å². The van der Waals surface area contributed by atoms with Crippen LogP contribution >= 0.6 is 0 Å². The molecule has 1 amide bonds. The molecule has 1 N–H and O–H groups in total. The monoisotopic (exact) mass is 242 g/mol. The van der Waals surface area contributed by atoms with Gasteiger partial charge < -0.3 is 5.32 Å². The topological polar surface area (TPSA) is 42.0 Å². The van der Waals surface area contributed by atoms with Gasteiger partial charge in [-0.15, -0.1) is 0 Å². The fourth-order valence-electron chi connectivity index (χ4n) is 1.33. The Balaban J connectivity index is 0.000000771. The molecular weight excluding hydrogens is 224 g/mol. The summed E-state index contributed by atoms with van der Waals surface area (Å²) >= 11 is 0. The largest absolute Gasteiger partial charge is 0.307 e. The Morgan fingerprint density at radius 3 is 2.28 bits per heavy atom. The van der Waals surface area contributed by atoms with Crippen LogP contribution < -0.4 is 5.32 Å². The lowest BCUT2D eigenvalue weighted by molar-refractivity contribution is 0.102. The van der Waals surface area contributed by atoms with Crippen LogP contribution in [0.5, 0.6) is 0 Å². The molecule has 0 fully saturated rings. The van der Waals surface area contributed by atoms with Crippen molar-refractivity contribution < 1.29 is 4.79 Å². The van der Waals surface area contributed by atoms with Crippen molar-refractivity contribution in [2.45, 2.75) is 20.8 Å². The number of anilines is 1. The van der Waals surface area contributed by atoms with E-state index in [1.54, 1.807) is 24.4 Å². The zero-order valence-electron chi connectivity index (χ0n) is 11.0. The summed E-state index contributed by atoms with van der Waals surface area (Å²) in [4.78, 5) is 15.8. The molecule has 0 saturated heterocycles. The number of rotatable bonds is 2. The minimum atomic E-state index is -0.140. The number of pyridine rings is 1. The van der Waals surface area contributed by atoms with Gasteiger partial charge in [0.15, 0.2) is 0 Å². The Morgan fingerprint density at radius 2 is 1.72 bits per heavy atom. The molecule has 3 nitrogen and oxygen atoms in total. The van der Waals surface area contributed by atoms with E-state index in [4.69, 9.17) is 0 Å². The van der Waals surface area contributed by atoms with Gasteiger partial charge in [-0.3, -0.25) is 4.79 Å². The summed E-state index contributed by atoms with van der Waals surface area (Å²) < 4.78 is 0. The normalized spacial score (nSPS) is 9.06. The number of amides is 1. The number of hydrogen-bond donors (Lipinski definition) is 1. The molecule has 1 aromatic heterocycles. The van der Waals surface area contributed by atoms with Crippen LogP contribution in [0.4, 0.5) is 5.82 Å². The van der Waals surface area contributed by atoms with Gasteiger partial charge in [0, 0.05) is 11.8 Å². The van der Waals surface area contributed by atoms with Gasteiger partial charge in [-0.25, -0.2) is 4.98 Å². The van der Waals surface area contributed by atoms with Crippen LogP contribution in [-0.4, -0.2) is 10.9 Å². The summed E-state index contributed by atoms with van der Waals surface area (Å²) in [7, 11) is 0. The Kier molecular flexibility index (Phi) is 5.58. The number of carbonyl (C=O) groups is 1. The van der Waals surface area contributed by atoms with Crippen LogP contribution in [0.2, 0.25) is 0 Å². The van der Waals surface area contributed by atoms with E-state index in [2.05, 4.69) is 10.3 Å². The van der Waals surface area contributed by atoms with Crippen LogP contribution in [0.1, 0.15) is 29.8 Å². The fraction of sp³-hybridized carbons (Fsp3) is 0.200. The predicted molar refractivity (Wildman–Crippen MR) is 74.7 cm³/mol. The quantitative estimate of drug-likeness (QED) is 0.873. The first-order chi connectivity index (χ1) is 8.75. The van der Waals surface area contributed by atoms with Crippen molar-refractivity contribution in [2.75, 3.05) is 5.32 Å². The van der Waals surface area contributed by atoms with Crippen LogP contribution in [-0.2, 0) is 0 Å². The van der Waals surface area contributed by atoms with Crippen molar-refractivity contribution in [3.8, 4) is 0 Å². The number of hydrogen-bond acceptors (Lipinski definition) is 2. The zero-order chi connectivity index (χ0) is 13.4. The molecule has 18 heavy (non-hydrogen) atoms. The second kappa shape index (κ2) is 7.22. The number of nitrogens with one attached hydrogen (secondary N) is 1. The number of aromatic nitrogens is 1. The first-order valence-electron chi connectivity index (χ1n) is 6.05. The second-order valence-electron chi connectivity index (χ2n) is 3.54. The maximum Gasteiger partial charge on any atom is 0.256 e. The molecule has 0 bridgehead atoms. The van der Waals surface area contributed by atoms with Crippen LogP contribution in [0.3, 0.4) is 0 Å². The first-order valence-corrected chi connectivity index (χ1v) is 6.05. The van der Waals surface area contributed by atoms with Crippen molar-refractivity contribution in [1.82, 2.24) is 4.98 Å². The maximum absolute atomic E-state index is 11.8. The highest BCUT2D eigenvalue weighted by Gasteiger charge is 2.05. The van der Waals surface area contributed by atoms with Gasteiger partial charge in [0.2, 0.25) is 0 Å². The third-order valence-electron chi connectivity index (χ3n) is 2.22. The van der Waals surface area contributed by atoms with Gasteiger partial charge >= 0.3 is 0 Å². The molecule has 0 unspecified atom stereocenters. The van der Waals surface area contributed by atoms with Crippen molar-refractivity contribution in [2.24, 2.45) is 0 Å². The SMILES string of the molecule is CC.Cc1ccc(C(=O)Nc2ccccn2)cc1. The fourth-order valence-corrected chi connectivity index (χ4v) is 1.33. The summed E-state index contributed by atoms with van der Waals surface area (Å²) in [6.45, 7) is 5.99. The van der Waals surface area contributed by atoms with Crippen molar-refractivity contribution >= 4 is 11.7 Å². The first kappa shape index (κ1) is 13.9. The van der Waals surface area contributed by atoms with Crippen molar-refractivity contribution in [1.29, 1.82) is 0 Å². The third-order valence-corrected chi connectivity index (χ3v) is 2.22. The van der Waals surface area contributed by atoms with Gasteiger partial charge in [0.25, 0.3) is 5.91 Å². The van der Waals surface area contributed by atoms with E-state index in [1.165, 1.54) is 0 Å². The minimum absolute atomic E-state index is 0.140. The van der Waals surface area contributed by atoms with E-state index in [0.29, 0.717) is 11.4 Å². The molecule has 2 aromatic rings. The zero-order valence-corrected chi connectivity index (χ0v) is 11.0. The number of aryl methyl sites for hydroxylation is 1.